The molecular weight excluding hydrogens is 448 g/mol. The highest BCUT2D eigenvalue weighted by atomic mass is 16.6. The molecule has 2 amide bonds. The van der Waals surface area contributed by atoms with Crippen LogP contribution in [0.2, 0.25) is 0 Å². The first-order valence-electron chi connectivity index (χ1n) is 11.0. The zero-order valence-corrected chi connectivity index (χ0v) is 19.2. The molecule has 35 heavy (non-hydrogen) atoms. The number of aliphatic carboxylic acids is 1. The first-order chi connectivity index (χ1) is 16.8. The van der Waals surface area contributed by atoms with Gasteiger partial charge in [0.05, 0.1) is 6.20 Å². The number of carbonyl (C=O) groups excluding carboxylic acids is 2. The average molecular weight is 473 g/mol. The van der Waals surface area contributed by atoms with Crippen molar-refractivity contribution in [3.8, 4) is 23.0 Å². The normalized spacial score (nSPS) is 14.1. The third-order valence-corrected chi connectivity index (χ3v) is 5.74. The van der Waals surface area contributed by atoms with Crippen molar-refractivity contribution in [3.63, 3.8) is 0 Å². The Bertz CT molecular complexity index is 1320. The smallest absolute Gasteiger partial charge is 0.413 e. The van der Waals surface area contributed by atoms with Crippen LogP contribution in [0.5, 0.6) is 0 Å². The van der Waals surface area contributed by atoms with E-state index in [-0.39, 0.29) is 0 Å². The Balaban J connectivity index is 1.42. The summed E-state index contributed by atoms with van der Waals surface area (Å²) in [4.78, 5) is 35.7. The van der Waals surface area contributed by atoms with Crippen molar-refractivity contribution >= 4 is 23.8 Å². The molecule has 2 aromatic carbocycles. The SMILES string of the molecule is CC(OC(=O)Nc1c(-c2ccc(C#CC(=O)NC3(C(=O)O)CC3)cc2)cnn1C)c1ccccc1. The van der Waals surface area contributed by atoms with Gasteiger partial charge in [-0.3, -0.25) is 14.8 Å². The molecule has 4 rings (SSSR count). The van der Waals surface area contributed by atoms with Gasteiger partial charge >= 0.3 is 12.1 Å². The molecular formula is C26H24N4O5. The van der Waals surface area contributed by atoms with Crippen molar-refractivity contribution in [2.45, 2.75) is 31.4 Å². The average Bonchev–Trinajstić information content (AvgIpc) is 3.55. The predicted molar refractivity (Wildman–Crippen MR) is 128 cm³/mol. The lowest BCUT2D eigenvalue weighted by Gasteiger charge is -2.15. The molecule has 0 aliphatic heterocycles. The van der Waals surface area contributed by atoms with Crippen LogP contribution in [0.4, 0.5) is 10.6 Å². The molecule has 9 heteroatoms. The van der Waals surface area contributed by atoms with Crippen molar-refractivity contribution in [2.75, 3.05) is 5.32 Å². The highest BCUT2D eigenvalue weighted by molar-refractivity contribution is 5.99. The van der Waals surface area contributed by atoms with E-state index in [1.54, 1.807) is 44.4 Å². The van der Waals surface area contributed by atoms with Gasteiger partial charge in [-0.25, -0.2) is 9.59 Å². The van der Waals surface area contributed by atoms with Crippen LogP contribution < -0.4 is 10.6 Å². The van der Waals surface area contributed by atoms with E-state index in [0.29, 0.717) is 29.8 Å². The number of hydrogen-bond donors (Lipinski definition) is 3. The number of carboxylic acid groups (broad SMARTS) is 1. The third-order valence-electron chi connectivity index (χ3n) is 5.74. The van der Waals surface area contributed by atoms with Crippen molar-refractivity contribution in [1.29, 1.82) is 0 Å². The number of amides is 2. The molecule has 1 aliphatic rings. The maximum atomic E-state index is 12.5. The number of rotatable bonds is 6. The summed E-state index contributed by atoms with van der Waals surface area (Å²) >= 11 is 0. The first kappa shape index (κ1) is 23.6. The summed E-state index contributed by atoms with van der Waals surface area (Å²) < 4.78 is 7.04. The predicted octanol–water partition coefficient (Wildman–Crippen LogP) is 3.48. The minimum absolute atomic E-state index is 0.407. The van der Waals surface area contributed by atoms with Crippen molar-refractivity contribution in [3.05, 3.63) is 71.9 Å². The highest BCUT2D eigenvalue weighted by Crippen LogP contribution is 2.35. The van der Waals surface area contributed by atoms with Gasteiger partial charge in [-0.1, -0.05) is 48.4 Å². The summed E-state index contributed by atoms with van der Waals surface area (Å²) in [5.74, 6) is 3.96. The Kier molecular flexibility index (Phi) is 6.55. The topological polar surface area (TPSA) is 123 Å². The maximum absolute atomic E-state index is 12.5. The Morgan fingerprint density at radius 1 is 1.11 bits per heavy atom. The van der Waals surface area contributed by atoms with Crippen LogP contribution in [0.1, 0.15) is 37.0 Å². The standard InChI is InChI=1S/C26H24N4O5/c1-17(19-6-4-3-5-7-19)35-25(34)28-23-21(16-27-30(23)2)20-11-8-18(9-12-20)10-13-22(31)29-26(14-15-26)24(32)33/h3-9,11-12,16-17H,14-15H2,1-2H3,(H,28,34)(H,29,31)(H,32,33). The van der Waals surface area contributed by atoms with Crippen LogP contribution in [0.3, 0.4) is 0 Å². The van der Waals surface area contributed by atoms with Crippen LogP contribution in [-0.2, 0) is 21.4 Å². The molecule has 0 bridgehead atoms. The van der Waals surface area contributed by atoms with E-state index in [2.05, 4.69) is 27.6 Å². The molecule has 178 valence electrons. The fraction of sp³-hybridized carbons (Fsp3) is 0.231. The molecule has 9 nitrogen and oxygen atoms in total. The van der Waals surface area contributed by atoms with Crippen molar-refractivity contribution in [1.82, 2.24) is 15.1 Å². The van der Waals surface area contributed by atoms with Crippen LogP contribution in [-0.4, -0.2) is 38.4 Å². The summed E-state index contributed by atoms with van der Waals surface area (Å²) in [7, 11) is 1.71. The van der Waals surface area contributed by atoms with Gasteiger partial charge in [-0.15, -0.1) is 0 Å². The zero-order valence-electron chi connectivity index (χ0n) is 19.2. The molecule has 0 spiro atoms. The molecule has 0 radical (unpaired) electrons. The number of anilines is 1. The van der Waals surface area contributed by atoms with E-state index in [1.165, 1.54) is 4.68 Å². The second-order valence-electron chi connectivity index (χ2n) is 8.28. The van der Waals surface area contributed by atoms with Gasteiger partial charge in [0.15, 0.2) is 0 Å². The Morgan fingerprint density at radius 3 is 2.43 bits per heavy atom. The second-order valence-corrected chi connectivity index (χ2v) is 8.28. The third kappa shape index (κ3) is 5.50. The number of aromatic nitrogens is 2. The summed E-state index contributed by atoms with van der Waals surface area (Å²) in [6, 6.07) is 16.5. The van der Waals surface area contributed by atoms with E-state index < -0.39 is 29.6 Å². The number of nitrogens with one attached hydrogen (secondary N) is 2. The molecule has 1 saturated carbocycles. The zero-order chi connectivity index (χ0) is 25.0. The molecule has 3 N–H and O–H groups in total. The number of hydrogen-bond acceptors (Lipinski definition) is 5. The number of aryl methyl sites for hydroxylation is 1. The van der Waals surface area contributed by atoms with Gasteiger partial charge in [0.25, 0.3) is 5.91 Å². The highest BCUT2D eigenvalue weighted by Gasteiger charge is 2.51. The molecule has 1 heterocycles. The molecule has 1 atom stereocenters. The van der Waals surface area contributed by atoms with E-state index >= 15 is 0 Å². The summed E-state index contributed by atoms with van der Waals surface area (Å²) in [6.45, 7) is 1.80. The van der Waals surface area contributed by atoms with Gasteiger partial charge in [-0.2, -0.15) is 5.10 Å². The lowest BCUT2D eigenvalue weighted by Crippen LogP contribution is -2.42. The first-order valence-corrected chi connectivity index (χ1v) is 11.0. The van der Waals surface area contributed by atoms with Gasteiger partial charge in [0.2, 0.25) is 0 Å². The molecule has 1 unspecified atom stereocenters. The van der Waals surface area contributed by atoms with Crippen molar-refractivity contribution < 1.29 is 24.2 Å². The van der Waals surface area contributed by atoms with Gasteiger partial charge in [0, 0.05) is 24.1 Å². The number of benzene rings is 2. The lowest BCUT2D eigenvalue weighted by molar-refractivity contribution is -0.142. The monoisotopic (exact) mass is 472 g/mol. The van der Waals surface area contributed by atoms with Crippen LogP contribution in [0.15, 0.2) is 60.8 Å². The Morgan fingerprint density at radius 2 is 1.80 bits per heavy atom. The fourth-order valence-corrected chi connectivity index (χ4v) is 3.50. The Labute approximate surface area is 202 Å². The summed E-state index contributed by atoms with van der Waals surface area (Å²) in [6.07, 6.45) is 1.42. The summed E-state index contributed by atoms with van der Waals surface area (Å²) in [5.41, 5.74) is 1.76. The summed E-state index contributed by atoms with van der Waals surface area (Å²) in [5, 5.41) is 18.6. The van der Waals surface area contributed by atoms with E-state index in [0.717, 1.165) is 11.1 Å². The number of ether oxygens (including phenoxy) is 1. The number of carbonyl (C=O) groups is 3. The molecule has 1 aromatic heterocycles. The van der Waals surface area contributed by atoms with Gasteiger partial charge in [0.1, 0.15) is 17.5 Å². The quantitative estimate of drug-likeness (QED) is 0.472. The minimum Gasteiger partial charge on any atom is -0.480 e. The van der Waals surface area contributed by atoms with E-state index in [9.17, 15) is 14.4 Å². The second kappa shape index (κ2) is 9.73. The molecule has 1 aliphatic carbocycles. The Hall–Kier alpha value is -4.58. The van der Waals surface area contributed by atoms with E-state index in [4.69, 9.17) is 9.84 Å². The number of carboxylic acids is 1. The maximum Gasteiger partial charge on any atom is 0.413 e. The molecule has 0 saturated heterocycles. The molecule has 1 fully saturated rings. The molecule has 3 aromatic rings. The van der Waals surface area contributed by atoms with Crippen LogP contribution >= 0.6 is 0 Å². The van der Waals surface area contributed by atoms with Crippen molar-refractivity contribution in [2.24, 2.45) is 7.05 Å². The number of nitrogens with zero attached hydrogens (tertiary/aromatic N) is 2. The fourth-order valence-electron chi connectivity index (χ4n) is 3.50. The van der Waals surface area contributed by atoms with Gasteiger partial charge < -0.3 is 15.2 Å². The van der Waals surface area contributed by atoms with Crippen LogP contribution in [0, 0.1) is 11.8 Å². The van der Waals surface area contributed by atoms with E-state index in [1.807, 2.05) is 30.3 Å². The lowest BCUT2D eigenvalue weighted by atomic mass is 10.1. The minimum atomic E-state index is -1.17. The van der Waals surface area contributed by atoms with Crippen LogP contribution in [0.25, 0.3) is 11.1 Å². The largest absolute Gasteiger partial charge is 0.480 e. The van der Waals surface area contributed by atoms with Gasteiger partial charge in [-0.05, 0) is 43.0 Å².